The molecule has 0 aliphatic rings. The molecule has 0 aliphatic heterocycles. The Morgan fingerprint density at radius 1 is 1.47 bits per heavy atom. The Morgan fingerprint density at radius 3 is 2.67 bits per heavy atom. The maximum absolute atomic E-state index is 10.8. The Hall–Kier alpha value is -1.88. The fourth-order valence-corrected chi connectivity index (χ4v) is 0.668. The van der Waals surface area contributed by atoms with E-state index in [1.54, 1.807) is 13.0 Å². The molecule has 0 radical (unpaired) electrons. The number of hydrazine groups is 1. The molecule has 0 aromatic rings. The summed E-state index contributed by atoms with van der Waals surface area (Å²) in [7, 11) is 0. The predicted molar refractivity (Wildman–Crippen MR) is 54.3 cm³/mol. The lowest BCUT2D eigenvalue weighted by Crippen LogP contribution is -2.48. The van der Waals surface area contributed by atoms with Gasteiger partial charge in [0.25, 0.3) is 5.91 Å². The van der Waals surface area contributed by atoms with Crippen molar-refractivity contribution in [3.05, 3.63) is 0 Å². The minimum Gasteiger partial charge on any atom is -0.450 e. The Morgan fingerprint density at radius 2 is 2.13 bits per heavy atom. The highest BCUT2D eigenvalue weighted by molar-refractivity contribution is 7.80. The number of nitrogens with zero attached hydrogens (tertiary/aromatic N) is 1. The van der Waals surface area contributed by atoms with Gasteiger partial charge in [0.05, 0.1) is 12.7 Å². The molecule has 0 heterocycles. The second kappa shape index (κ2) is 7.52. The van der Waals surface area contributed by atoms with Gasteiger partial charge >= 0.3 is 6.09 Å². The van der Waals surface area contributed by atoms with Crippen LogP contribution in [0, 0.1) is 11.3 Å². The average Bonchev–Trinajstić information content (AvgIpc) is 2.15. The molecule has 15 heavy (non-hydrogen) atoms. The molecule has 0 rings (SSSR count). The summed E-state index contributed by atoms with van der Waals surface area (Å²) in [4.78, 5) is 21.6. The Bertz CT molecular complexity index is 299. The molecule has 3 N–H and O–H groups in total. The maximum atomic E-state index is 10.8. The van der Waals surface area contributed by atoms with E-state index in [1.165, 1.54) is 0 Å². The number of amides is 2. The first-order chi connectivity index (χ1) is 7.10. The fourth-order valence-electron chi connectivity index (χ4n) is 0.534. The van der Waals surface area contributed by atoms with Gasteiger partial charge in [-0.1, -0.05) is 0 Å². The third-order valence-corrected chi connectivity index (χ3v) is 1.25. The topological polar surface area (TPSA) is 103 Å². The molecule has 0 bridgehead atoms. The van der Waals surface area contributed by atoms with E-state index < -0.39 is 12.0 Å². The highest BCUT2D eigenvalue weighted by atomic mass is 32.1. The molecule has 0 saturated carbocycles. The van der Waals surface area contributed by atoms with Crippen molar-refractivity contribution in [2.75, 3.05) is 6.61 Å². The molecule has 0 unspecified atom stereocenters. The lowest BCUT2D eigenvalue weighted by Gasteiger charge is -2.08. The lowest BCUT2D eigenvalue weighted by molar-refractivity contribution is -0.120. The zero-order chi connectivity index (χ0) is 11.7. The molecule has 8 heteroatoms. The second-order valence-electron chi connectivity index (χ2n) is 2.18. The predicted octanol–water partition coefficient (Wildman–Crippen LogP) is -0.448. The van der Waals surface area contributed by atoms with Crippen molar-refractivity contribution in [1.82, 2.24) is 16.2 Å². The first-order valence-electron chi connectivity index (χ1n) is 3.99. The normalized spacial score (nSPS) is 8.27. The van der Waals surface area contributed by atoms with Gasteiger partial charge in [-0.15, -0.1) is 0 Å². The summed E-state index contributed by atoms with van der Waals surface area (Å²) in [5.74, 6) is -0.550. The minimum atomic E-state index is -0.718. The molecule has 2 amide bonds. The summed E-state index contributed by atoms with van der Waals surface area (Å²) in [6, 6.07) is 1.64. The van der Waals surface area contributed by atoms with Crippen LogP contribution in [0.15, 0.2) is 0 Å². The molecule has 0 fully saturated rings. The zero-order valence-corrected chi connectivity index (χ0v) is 8.81. The van der Waals surface area contributed by atoms with Gasteiger partial charge < -0.3 is 4.74 Å². The van der Waals surface area contributed by atoms with Crippen molar-refractivity contribution < 1.29 is 14.3 Å². The van der Waals surface area contributed by atoms with Crippen LogP contribution in [-0.4, -0.2) is 23.7 Å². The number of rotatable bonds is 2. The van der Waals surface area contributed by atoms with Gasteiger partial charge in [0.15, 0.2) is 5.11 Å². The molecule has 0 atom stereocenters. The Labute approximate surface area is 91.7 Å². The van der Waals surface area contributed by atoms with Crippen LogP contribution in [-0.2, 0) is 9.53 Å². The van der Waals surface area contributed by atoms with Crippen LogP contribution in [0.4, 0.5) is 4.79 Å². The van der Waals surface area contributed by atoms with E-state index >= 15 is 0 Å². The van der Waals surface area contributed by atoms with E-state index in [-0.39, 0.29) is 18.1 Å². The monoisotopic (exact) mass is 230 g/mol. The van der Waals surface area contributed by atoms with Crippen LogP contribution >= 0.6 is 12.2 Å². The lowest BCUT2D eigenvalue weighted by atomic mass is 10.5. The van der Waals surface area contributed by atoms with Crippen LogP contribution < -0.4 is 16.2 Å². The van der Waals surface area contributed by atoms with Gasteiger partial charge in [0, 0.05) is 0 Å². The van der Waals surface area contributed by atoms with Crippen LogP contribution in [0.2, 0.25) is 0 Å². The van der Waals surface area contributed by atoms with E-state index in [2.05, 4.69) is 33.1 Å². The molecule has 7 nitrogen and oxygen atoms in total. The molecular formula is C7H10N4O3S. The summed E-state index contributed by atoms with van der Waals surface area (Å²) in [6.45, 7) is 1.86. The number of alkyl carbamates (subject to hydrolysis) is 1. The first-order valence-corrected chi connectivity index (χ1v) is 4.40. The van der Waals surface area contributed by atoms with Gasteiger partial charge in [-0.3, -0.25) is 21.0 Å². The van der Waals surface area contributed by atoms with E-state index in [1.807, 2.05) is 0 Å². The number of thiocarbonyl (C=S) groups is 1. The van der Waals surface area contributed by atoms with E-state index in [0.29, 0.717) is 0 Å². The number of nitrogens with one attached hydrogen (secondary N) is 3. The molecule has 0 aromatic carbocycles. The summed E-state index contributed by atoms with van der Waals surface area (Å²) in [5.41, 5.74) is 4.33. The van der Waals surface area contributed by atoms with Gasteiger partial charge in [-0.25, -0.2) is 4.79 Å². The highest BCUT2D eigenvalue weighted by Gasteiger charge is 2.04. The molecule has 0 saturated heterocycles. The minimum absolute atomic E-state index is 0.111. The number of nitriles is 1. The van der Waals surface area contributed by atoms with Crippen LogP contribution in [0.5, 0.6) is 0 Å². The molecule has 0 spiro atoms. The summed E-state index contributed by atoms with van der Waals surface area (Å²) >= 11 is 4.63. The highest BCUT2D eigenvalue weighted by Crippen LogP contribution is 1.77. The molecular weight excluding hydrogens is 220 g/mol. The molecule has 0 aliphatic carbocycles. The number of ether oxygens (including phenoxy) is 1. The Balaban J connectivity index is 3.71. The number of hydrogen-bond acceptors (Lipinski definition) is 5. The zero-order valence-electron chi connectivity index (χ0n) is 7.99. The van der Waals surface area contributed by atoms with Crippen molar-refractivity contribution in [1.29, 1.82) is 5.26 Å². The second-order valence-corrected chi connectivity index (χ2v) is 2.59. The molecule has 82 valence electrons. The third-order valence-electron chi connectivity index (χ3n) is 1.05. The number of carbonyl (C=O) groups is 2. The number of carbonyl (C=O) groups excluding carboxylic acids is 2. The largest absolute Gasteiger partial charge is 0.450 e. The van der Waals surface area contributed by atoms with Crippen molar-refractivity contribution in [2.24, 2.45) is 0 Å². The van der Waals surface area contributed by atoms with E-state index in [9.17, 15) is 9.59 Å². The summed E-state index contributed by atoms with van der Waals surface area (Å²) in [6.07, 6.45) is -1.01. The van der Waals surface area contributed by atoms with Crippen LogP contribution in [0.1, 0.15) is 13.3 Å². The Kier molecular flexibility index (Phi) is 6.57. The van der Waals surface area contributed by atoms with Crippen LogP contribution in [0.25, 0.3) is 0 Å². The van der Waals surface area contributed by atoms with Crippen LogP contribution in [0.3, 0.4) is 0 Å². The standard InChI is InChI=1S/C7H10N4O3S/c1-2-14-7(13)9-6(15)11-10-5(12)3-4-8/h2-3H2,1H3,(H,10,12)(H2,9,11,13,15). The van der Waals surface area contributed by atoms with Crippen molar-refractivity contribution in [2.45, 2.75) is 13.3 Å². The SMILES string of the molecule is CCOC(=O)NC(=S)NNC(=O)CC#N. The van der Waals surface area contributed by atoms with Gasteiger partial charge in [0.2, 0.25) is 0 Å². The molecule has 0 aromatic heterocycles. The van der Waals surface area contributed by atoms with Crippen molar-refractivity contribution in [3.63, 3.8) is 0 Å². The van der Waals surface area contributed by atoms with E-state index in [4.69, 9.17) is 5.26 Å². The third kappa shape index (κ3) is 7.21. The van der Waals surface area contributed by atoms with Gasteiger partial charge in [-0.05, 0) is 19.1 Å². The summed E-state index contributed by atoms with van der Waals surface area (Å²) in [5, 5.41) is 10.2. The average molecular weight is 230 g/mol. The smallest absolute Gasteiger partial charge is 0.413 e. The maximum Gasteiger partial charge on any atom is 0.413 e. The van der Waals surface area contributed by atoms with Gasteiger partial charge in [-0.2, -0.15) is 5.26 Å². The quantitative estimate of drug-likeness (QED) is 0.438. The summed E-state index contributed by atoms with van der Waals surface area (Å²) < 4.78 is 4.52. The number of hydrogen-bond donors (Lipinski definition) is 3. The van der Waals surface area contributed by atoms with E-state index in [0.717, 1.165) is 0 Å². The van der Waals surface area contributed by atoms with Gasteiger partial charge in [0.1, 0.15) is 6.42 Å². The van der Waals surface area contributed by atoms with Crippen molar-refractivity contribution in [3.8, 4) is 6.07 Å². The van der Waals surface area contributed by atoms with Crippen molar-refractivity contribution >= 4 is 29.3 Å². The fraction of sp³-hybridized carbons (Fsp3) is 0.429. The first kappa shape index (κ1) is 13.1.